The summed E-state index contributed by atoms with van der Waals surface area (Å²) in [6, 6.07) is 13.2. The molecule has 1 heterocycles. The molecule has 31 heavy (non-hydrogen) atoms. The van der Waals surface area contributed by atoms with Gasteiger partial charge in [0, 0.05) is 30.8 Å². The van der Waals surface area contributed by atoms with Crippen LogP contribution in [0.4, 0.5) is 4.39 Å². The van der Waals surface area contributed by atoms with Gasteiger partial charge in [0.1, 0.15) is 22.2 Å². The van der Waals surface area contributed by atoms with Crippen LogP contribution < -0.4 is 19.8 Å². The number of halogens is 1. The molecule has 0 saturated carbocycles. The normalized spacial score (nSPS) is 11.3. The highest BCUT2D eigenvalue weighted by Gasteiger charge is 2.20. The first kappa shape index (κ1) is 22.4. The average Bonchev–Trinajstić information content (AvgIpc) is 2.78. The van der Waals surface area contributed by atoms with Gasteiger partial charge in [0.2, 0.25) is 10.0 Å². The molecular formula is C21H22FN3O5S. The fourth-order valence-electron chi connectivity index (χ4n) is 2.89. The maximum absolute atomic E-state index is 13.1. The number of aromatic nitrogens is 2. The summed E-state index contributed by atoms with van der Waals surface area (Å²) < 4.78 is 52.4. The van der Waals surface area contributed by atoms with E-state index in [4.69, 9.17) is 9.47 Å². The molecule has 8 nitrogen and oxygen atoms in total. The van der Waals surface area contributed by atoms with Crippen LogP contribution in [0.15, 0.2) is 64.3 Å². The zero-order valence-electron chi connectivity index (χ0n) is 17.0. The Morgan fingerprint density at radius 1 is 1.03 bits per heavy atom. The summed E-state index contributed by atoms with van der Waals surface area (Å²) >= 11 is 0. The summed E-state index contributed by atoms with van der Waals surface area (Å²) in [5, 5.41) is 4.28. The molecule has 2 aromatic carbocycles. The van der Waals surface area contributed by atoms with Gasteiger partial charge in [-0.25, -0.2) is 22.2 Å². The van der Waals surface area contributed by atoms with E-state index in [0.717, 1.165) is 0 Å². The molecule has 0 aliphatic carbocycles. The number of hydrogen-bond acceptors (Lipinski definition) is 6. The molecule has 0 saturated heterocycles. The van der Waals surface area contributed by atoms with Crippen LogP contribution in [0, 0.1) is 5.82 Å². The predicted octanol–water partition coefficient (Wildman–Crippen LogP) is 2.44. The van der Waals surface area contributed by atoms with Gasteiger partial charge >= 0.3 is 0 Å². The first-order chi connectivity index (χ1) is 14.8. The van der Waals surface area contributed by atoms with Crippen LogP contribution in [0.3, 0.4) is 0 Å². The monoisotopic (exact) mass is 447 g/mol. The van der Waals surface area contributed by atoms with Crippen LogP contribution in [0.2, 0.25) is 0 Å². The molecule has 1 N–H and O–H groups in total. The SMILES string of the molecule is COc1ccc(OC)c(S(=O)(=O)NCCCn2nc(-c3ccc(F)cc3)ccc2=O)c1. The number of nitrogens with one attached hydrogen (secondary N) is 1. The highest BCUT2D eigenvalue weighted by molar-refractivity contribution is 7.89. The highest BCUT2D eigenvalue weighted by atomic mass is 32.2. The van der Waals surface area contributed by atoms with Crippen molar-refractivity contribution in [1.29, 1.82) is 0 Å². The largest absolute Gasteiger partial charge is 0.497 e. The minimum Gasteiger partial charge on any atom is -0.497 e. The predicted molar refractivity (Wildman–Crippen MR) is 113 cm³/mol. The number of benzene rings is 2. The molecule has 164 valence electrons. The fourth-order valence-corrected chi connectivity index (χ4v) is 4.15. The van der Waals surface area contributed by atoms with E-state index in [0.29, 0.717) is 23.4 Å². The Hall–Kier alpha value is -3.24. The molecule has 1 aromatic heterocycles. The van der Waals surface area contributed by atoms with Crippen LogP contribution in [0.1, 0.15) is 6.42 Å². The van der Waals surface area contributed by atoms with Gasteiger partial charge < -0.3 is 9.47 Å². The second-order valence-corrected chi connectivity index (χ2v) is 8.29. The third-order valence-electron chi connectivity index (χ3n) is 4.51. The van der Waals surface area contributed by atoms with E-state index in [1.54, 1.807) is 24.3 Å². The van der Waals surface area contributed by atoms with Gasteiger partial charge in [0.15, 0.2) is 0 Å². The highest BCUT2D eigenvalue weighted by Crippen LogP contribution is 2.27. The minimum absolute atomic E-state index is 0.0389. The molecule has 0 unspecified atom stereocenters. The number of hydrogen-bond donors (Lipinski definition) is 1. The van der Waals surface area contributed by atoms with Gasteiger partial charge in [-0.2, -0.15) is 5.10 Å². The number of methoxy groups -OCH3 is 2. The average molecular weight is 447 g/mol. The zero-order valence-corrected chi connectivity index (χ0v) is 17.9. The lowest BCUT2D eigenvalue weighted by atomic mass is 10.1. The van der Waals surface area contributed by atoms with E-state index in [9.17, 15) is 17.6 Å². The van der Waals surface area contributed by atoms with E-state index in [1.807, 2.05) is 0 Å². The van der Waals surface area contributed by atoms with Crippen molar-refractivity contribution in [3.05, 3.63) is 70.8 Å². The van der Waals surface area contributed by atoms with Crippen molar-refractivity contribution >= 4 is 10.0 Å². The first-order valence-corrected chi connectivity index (χ1v) is 10.9. The number of nitrogens with zero attached hydrogens (tertiary/aromatic N) is 2. The second kappa shape index (κ2) is 9.71. The van der Waals surface area contributed by atoms with Gasteiger partial charge in [-0.3, -0.25) is 4.79 Å². The molecular weight excluding hydrogens is 425 g/mol. The molecule has 3 aromatic rings. The summed E-state index contributed by atoms with van der Waals surface area (Å²) in [6.45, 7) is 0.281. The van der Waals surface area contributed by atoms with Crippen molar-refractivity contribution in [2.75, 3.05) is 20.8 Å². The van der Waals surface area contributed by atoms with Gasteiger partial charge in [0.25, 0.3) is 5.56 Å². The van der Waals surface area contributed by atoms with Gasteiger partial charge in [0.05, 0.1) is 19.9 Å². The number of aryl methyl sites for hydroxylation is 1. The molecule has 0 aliphatic heterocycles. The summed E-state index contributed by atoms with van der Waals surface area (Å²) in [6.07, 6.45) is 0.325. The lowest BCUT2D eigenvalue weighted by Gasteiger charge is -2.12. The van der Waals surface area contributed by atoms with Crippen LogP contribution in [0.25, 0.3) is 11.3 Å². The van der Waals surface area contributed by atoms with E-state index in [-0.39, 0.29) is 35.1 Å². The van der Waals surface area contributed by atoms with Crippen molar-refractivity contribution in [1.82, 2.24) is 14.5 Å². The van der Waals surface area contributed by atoms with Crippen molar-refractivity contribution in [3.63, 3.8) is 0 Å². The Morgan fingerprint density at radius 3 is 2.45 bits per heavy atom. The summed E-state index contributed by atoms with van der Waals surface area (Å²) in [7, 11) is -1.03. The van der Waals surface area contributed by atoms with E-state index in [1.165, 1.54) is 49.2 Å². The van der Waals surface area contributed by atoms with Crippen LogP contribution in [0.5, 0.6) is 11.5 Å². The van der Waals surface area contributed by atoms with Crippen molar-refractivity contribution in [2.45, 2.75) is 17.9 Å². The molecule has 0 radical (unpaired) electrons. The second-order valence-electron chi connectivity index (χ2n) is 6.55. The fraction of sp³-hybridized carbons (Fsp3) is 0.238. The summed E-state index contributed by atoms with van der Waals surface area (Å²) in [4.78, 5) is 12.1. The maximum Gasteiger partial charge on any atom is 0.266 e. The Kier molecular flexibility index (Phi) is 7.03. The van der Waals surface area contributed by atoms with Gasteiger partial charge in [-0.1, -0.05) is 0 Å². The van der Waals surface area contributed by atoms with E-state index >= 15 is 0 Å². The number of sulfonamides is 1. The molecule has 0 aliphatic rings. The molecule has 0 spiro atoms. The quantitative estimate of drug-likeness (QED) is 0.506. The van der Waals surface area contributed by atoms with E-state index in [2.05, 4.69) is 9.82 Å². The lowest BCUT2D eigenvalue weighted by molar-refractivity contribution is 0.392. The third kappa shape index (κ3) is 5.47. The first-order valence-electron chi connectivity index (χ1n) is 9.40. The number of rotatable bonds is 9. The Morgan fingerprint density at radius 2 is 1.77 bits per heavy atom. The summed E-state index contributed by atoms with van der Waals surface area (Å²) in [5.41, 5.74) is 0.866. The summed E-state index contributed by atoms with van der Waals surface area (Å²) in [5.74, 6) is 0.213. The Balaban J connectivity index is 1.67. The van der Waals surface area contributed by atoms with Gasteiger partial charge in [-0.15, -0.1) is 0 Å². The third-order valence-corrected chi connectivity index (χ3v) is 5.99. The minimum atomic E-state index is -3.85. The Bertz CT molecular complexity index is 1210. The molecule has 3 rings (SSSR count). The van der Waals surface area contributed by atoms with Crippen LogP contribution in [-0.2, 0) is 16.6 Å². The molecule has 0 fully saturated rings. The lowest BCUT2D eigenvalue weighted by Crippen LogP contribution is -2.28. The van der Waals surface area contributed by atoms with Crippen LogP contribution in [-0.4, -0.2) is 39.0 Å². The number of ether oxygens (including phenoxy) is 2. The smallest absolute Gasteiger partial charge is 0.266 e. The van der Waals surface area contributed by atoms with E-state index < -0.39 is 10.0 Å². The van der Waals surface area contributed by atoms with Crippen molar-refractivity contribution in [2.24, 2.45) is 0 Å². The van der Waals surface area contributed by atoms with Crippen molar-refractivity contribution < 1.29 is 22.3 Å². The standard InChI is InChI=1S/C21H22FN3O5S/c1-29-17-8-10-19(30-2)20(14-17)31(27,28)23-12-3-13-25-21(26)11-9-18(24-25)15-4-6-16(22)7-5-15/h4-11,14,23H,3,12-13H2,1-2H3. The molecule has 10 heteroatoms. The van der Waals surface area contributed by atoms with Crippen molar-refractivity contribution in [3.8, 4) is 22.8 Å². The zero-order chi connectivity index (χ0) is 22.4. The maximum atomic E-state index is 13.1. The Labute approximate surface area is 179 Å². The molecule has 0 amide bonds. The van der Waals surface area contributed by atoms with Gasteiger partial charge in [-0.05, 0) is 48.9 Å². The topological polar surface area (TPSA) is 99.5 Å². The van der Waals surface area contributed by atoms with Crippen LogP contribution >= 0.6 is 0 Å². The molecule has 0 atom stereocenters. The molecule has 0 bridgehead atoms.